The van der Waals surface area contributed by atoms with Gasteiger partial charge in [-0.15, -0.1) is 0 Å². The van der Waals surface area contributed by atoms with E-state index in [0.717, 1.165) is 56.3 Å². The molecule has 2 aliphatic heterocycles. The van der Waals surface area contributed by atoms with E-state index in [-0.39, 0.29) is 0 Å². The highest BCUT2D eigenvalue weighted by molar-refractivity contribution is 5.85. The van der Waals surface area contributed by atoms with Crippen molar-refractivity contribution in [1.29, 1.82) is 0 Å². The van der Waals surface area contributed by atoms with Crippen molar-refractivity contribution in [3.63, 3.8) is 0 Å². The summed E-state index contributed by atoms with van der Waals surface area (Å²) >= 11 is 0. The Hall–Kier alpha value is -1.75. The molecule has 5 heteroatoms. The van der Waals surface area contributed by atoms with Crippen molar-refractivity contribution in [3.05, 3.63) is 17.7 Å². The first-order valence-corrected chi connectivity index (χ1v) is 7.76. The topological polar surface area (TPSA) is 42.3 Å². The number of nitrogens with one attached hydrogen (secondary N) is 1. The van der Waals surface area contributed by atoms with Gasteiger partial charge in [-0.05, 0) is 39.1 Å². The van der Waals surface area contributed by atoms with E-state index in [0.29, 0.717) is 5.92 Å². The second-order valence-electron chi connectivity index (χ2n) is 6.42. The minimum atomic E-state index is 0.616. The average Bonchev–Trinajstić information content (AvgIpc) is 2.85. The first-order chi connectivity index (χ1) is 10.2. The van der Waals surface area contributed by atoms with Gasteiger partial charge >= 0.3 is 0 Å². The van der Waals surface area contributed by atoms with E-state index < -0.39 is 0 Å². The van der Waals surface area contributed by atoms with Crippen molar-refractivity contribution >= 4 is 17.0 Å². The number of imidazole rings is 1. The zero-order valence-electron chi connectivity index (χ0n) is 12.7. The Bertz CT molecular complexity index is 676. The number of rotatable bonds is 2. The zero-order valence-corrected chi connectivity index (χ0v) is 12.7. The SMILES string of the molecule is CN(C)CC1CNc2nc3ccc4c(c3n2C1)CCCO4. The summed E-state index contributed by atoms with van der Waals surface area (Å²) in [5.74, 6) is 2.68. The molecule has 2 aliphatic rings. The van der Waals surface area contributed by atoms with Crippen LogP contribution in [0.3, 0.4) is 0 Å². The minimum Gasteiger partial charge on any atom is -0.493 e. The standard InChI is InChI=1S/C16H22N4O/c1-19(2)9-11-8-17-16-18-13-5-6-14-12(4-3-7-21-14)15(13)20(16)10-11/h5-6,11H,3-4,7-10H2,1-2H3,(H,17,18). The molecule has 5 nitrogen and oxygen atoms in total. The Morgan fingerprint density at radius 3 is 3.19 bits per heavy atom. The lowest BCUT2D eigenvalue weighted by molar-refractivity contribution is 0.287. The van der Waals surface area contributed by atoms with Crippen LogP contribution in [0.1, 0.15) is 12.0 Å². The summed E-state index contributed by atoms with van der Waals surface area (Å²) in [5.41, 5.74) is 3.70. The smallest absolute Gasteiger partial charge is 0.203 e. The lowest BCUT2D eigenvalue weighted by Gasteiger charge is -2.28. The van der Waals surface area contributed by atoms with Crippen LogP contribution in [0.25, 0.3) is 11.0 Å². The first kappa shape index (κ1) is 13.0. The van der Waals surface area contributed by atoms with Crippen molar-refractivity contribution in [3.8, 4) is 5.75 Å². The Morgan fingerprint density at radius 1 is 1.43 bits per heavy atom. The molecule has 0 aliphatic carbocycles. The van der Waals surface area contributed by atoms with Crippen molar-refractivity contribution in [1.82, 2.24) is 14.5 Å². The lowest BCUT2D eigenvalue weighted by Crippen LogP contribution is -2.34. The van der Waals surface area contributed by atoms with Gasteiger partial charge in [0.25, 0.3) is 0 Å². The van der Waals surface area contributed by atoms with E-state index in [1.54, 1.807) is 0 Å². The number of aryl methyl sites for hydroxylation is 1. The van der Waals surface area contributed by atoms with Crippen LogP contribution >= 0.6 is 0 Å². The molecule has 1 N–H and O–H groups in total. The predicted octanol–water partition coefficient (Wildman–Crippen LogP) is 1.96. The third-order valence-electron chi connectivity index (χ3n) is 4.41. The molecule has 2 aromatic rings. The maximum Gasteiger partial charge on any atom is 0.203 e. The fourth-order valence-electron chi connectivity index (χ4n) is 3.59. The number of aromatic nitrogens is 2. The van der Waals surface area contributed by atoms with E-state index in [1.165, 1.54) is 11.1 Å². The highest BCUT2D eigenvalue weighted by atomic mass is 16.5. The van der Waals surface area contributed by atoms with Crippen LogP contribution in [0.2, 0.25) is 0 Å². The third-order valence-corrected chi connectivity index (χ3v) is 4.41. The fraction of sp³-hybridized carbons (Fsp3) is 0.562. The monoisotopic (exact) mass is 286 g/mol. The van der Waals surface area contributed by atoms with Gasteiger partial charge in [0.15, 0.2) is 0 Å². The Kier molecular flexibility index (Phi) is 3.03. The number of ether oxygens (including phenoxy) is 1. The van der Waals surface area contributed by atoms with Crippen LogP contribution in [0.5, 0.6) is 5.75 Å². The van der Waals surface area contributed by atoms with Crippen LogP contribution in [-0.4, -0.2) is 48.2 Å². The number of benzene rings is 1. The molecule has 21 heavy (non-hydrogen) atoms. The van der Waals surface area contributed by atoms with Crippen LogP contribution < -0.4 is 10.1 Å². The summed E-state index contributed by atoms with van der Waals surface area (Å²) in [7, 11) is 4.27. The van der Waals surface area contributed by atoms with Gasteiger partial charge in [-0.3, -0.25) is 0 Å². The molecule has 0 spiro atoms. The van der Waals surface area contributed by atoms with Gasteiger partial charge in [0.1, 0.15) is 5.75 Å². The summed E-state index contributed by atoms with van der Waals surface area (Å²) in [4.78, 5) is 7.02. The highest BCUT2D eigenvalue weighted by Gasteiger charge is 2.25. The summed E-state index contributed by atoms with van der Waals surface area (Å²) in [6, 6.07) is 4.17. The number of nitrogens with zero attached hydrogens (tertiary/aromatic N) is 3. The number of anilines is 1. The lowest BCUT2D eigenvalue weighted by atomic mass is 10.0. The highest BCUT2D eigenvalue weighted by Crippen LogP contribution is 2.35. The van der Waals surface area contributed by atoms with Crippen LogP contribution in [0.4, 0.5) is 5.95 Å². The molecule has 0 radical (unpaired) electrons. The van der Waals surface area contributed by atoms with Gasteiger partial charge in [-0.1, -0.05) is 0 Å². The zero-order chi connectivity index (χ0) is 14.4. The number of fused-ring (bicyclic) bond motifs is 5. The maximum absolute atomic E-state index is 5.81. The van der Waals surface area contributed by atoms with Crippen molar-refractivity contribution in [2.24, 2.45) is 5.92 Å². The van der Waals surface area contributed by atoms with E-state index >= 15 is 0 Å². The molecule has 1 aromatic carbocycles. The van der Waals surface area contributed by atoms with Crippen LogP contribution in [0.15, 0.2) is 12.1 Å². The molecule has 0 amide bonds. The second kappa shape index (κ2) is 4.91. The van der Waals surface area contributed by atoms with Crippen LogP contribution in [0, 0.1) is 5.92 Å². The molecule has 3 heterocycles. The molecule has 112 valence electrons. The van der Waals surface area contributed by atoms with E-state index in [2.05, 4.69) is 41.0 Å². The molecule has 1 atom stereocenters. The van der Waals surface area contributed by atoms with E-state index in [1.807, 2.05) is 0 Å². The summed E-state index contributed by atoms with van der Waals surface area (Å²) in [6.45, 7) is 3.96. The predicted molar refractivity (Wildman–Crippen MR) is 84.1 cm³/mol. The van der Waals surface area contributed by atoms with Crippen molar-refractivity contribution < 1.29 is 4.74 Å². The minimum absolute atomic E-state index is 0.616. The second-order valence-corrected chi connectivity index (χ2v) is 6.42. The number of hydrogen-bond donors (Lipinski definition) is 1. The number of hydrogen-bond acceptors (Lipinski definition) is 4. The molecule has 4 rings (SSSR count). The summed E-state index contributed by atoms with van der Waals surface area (Å²) in [5, 5.41) is 3.50. The van der Waals surface area contributed by atoms with Gasteiger partial charge in [0.05, 0.1) is 17.6 Å². The Morgan fingerprint density at radius 2 is 2.33 bits per heavy atom. The fourth-order valence-corrected chi connectivity index (χ4v) is 3.59. The molecule has 0 saturated carbocycles. The quantitative estimate of drug-likeness (QED) is 0.916. The largest absolute Gasteiger partial charge is 0.493 e. The van der Waals surface area contributed by atoms with Crippen molar-refractivity contribution in [2.75, 3.05) is 39.1 Å². The molecule has 0 bridgehead atoms. The molecular weight excluding hydrogens is 264 g/mol. The molecule has 1 aromatic heterocycles. The van der Waals surface area contributed by atoms with E-state index in [4.69, 9.17) is 9.72 Å². The Balaban J connectivity index is 1.79. The molecular formula is C16H22N4O. The Labute approximate surface area is 124 Å². The first-order valence-electron chi connectivity index (χ1n) is 7.76. The van der Waals surface area contributed by atoms with E-state index in [9.17, 15) is 0 Å². The van der Waals surface area contributed by atoms with Gasteiger partial charge in [-0.25, -0.2) is 4.98 Å². The van der Waals surface area contributed by atoms with Gasteiger partial charge in [0.2, 0.25) is 5.95 Å². The van der Waals surface area contributed by atoms with Gasteiger partial charge in [0, 0.05) is 31.1 Å². The third kappa shape index (κ3) is 2.16. The summed E-state index contributed by atoms with van der Waals surface area (Å²) < 4.78 is 8.18. The van der Waals surface area contributed by atoms with Gasteiger partial charge in [-0.2, -0.15) is 0 Å². The molecule has 1 unspecified atom stereocenters. The molecule has 0 fully saturated rings. The maximum atomic E-state index is 5.81. The summed E-state index contributed by atoms with van der Waals surface area (Å²) in [6.07, 6.45) is 2.19. The molecule has 0 saturated heterocycles. The van der Waals surface area contributed by atoms with Crippen molar-refractivity contribution in [2.45, 2.75) is 19.4 Å². The van der Waals surface area contributed by atoms with Gasteiger partial charge < -0.3 is 19.5 Å². The van der Waals surface area contributed by atoms with Crippen LogP contribution in [-0.2, 0) is 13.0 Å². The normalized spacial score (nSPS) is 20.8. The average molecular weight is 286 g/mol.